The molecule has 0 saturated carbocycles. The van der Waals surface area contributed by atoms with Crippen LogP contribution in [0.1, 0.15) is 62.5 Å². The van der Waals surface area contributed by atoms with Crippen LogP contribution in [0.25, 0.3) is 0 Å². The molecule has 3 rings (SSSR count). The maximum atomic E-state index is 12.1. The third-order valence-electron chi connectivity index (χ3n) is 7.18. The van der Waals surface area contributed by atoms with Crippen LogP contribution >= 0.6 is 0 Å². The van der Waals surface area contributed by atoms with Crippen molar-refractivity contribution < 1.29 is 42.4 Å². The van der Waals surface area contributed by atoms with Crippen LogP contribution in [0.5, 0.6) is 28.7 Å². The van der Waals surface area contributed by atoms with E-state index in [0.717, 1.165) is 74.4 Å². The van der Waals surface area contributed by atoms with Gasteiger partial charge in [-0.1, -0.05) is 44.2 Å². The number of alkyl halides is 2. The van der Waals surface area contributed by atoms with Crippen LogP contribution in [-0.2, 0) is 17.6 Å². The number of aliphatic carboxylic acids is 1. The summed E-state index contributed by atoms with van der Waals surface area (Å²) in [6, 6.07) is 19.1. The number of hydrogen-bond acceptors (Lipinski definition) is 7. The van der Waals surface area contributed by atoms with Crippen molar-refractivity contribution in [3.8, 4) is 28.7 Å². The largest absolute Gasteiger partial charge is 0.494 e. The third-order valence-corrected chi connectivity index (χ3v) is 7.18. The number of hydrogen-bond donors (Lipinski definition) is 2. The van der Waals surface area contributed by atoms with Gasteiger partial charge in [0.25, 0.3) is 0 Å². The zero-order valence-electron chi connectivity index (χ0n) is 27.5. The fourth-order valence-electron chi connectivity index (χ4n) is 4.70. The highest BCUT2D eigenvalue weighted by atomic mass is 19.3. The van der Waals surface area contributed by atoms with E-state index in [-0.39, 0.29) is 12.8 Å². The fraction of sp³-hybridized carbons (Fsp3) is 0.472. The van der Waals surface area contributed by atoms with Crippen molar-refractivity contribution in [2.24, 2.45) is 0 Å². The van der Waals surface area contributed by atoms with Crippen molar-refractivity contribution in [1.29, 1.82) is 0 Å². The zero-order chi connectivity index (χ0) is 33.6. The molecule has 0 atom stereocenters. The highest BCUT2D eigenvalue weighted by molar-refractivity contribution is 5.70. The van der Waals surface area contributed by atoms with Gasteiger partial charge in [0.05, 0.1) is 41.5 Å². The van der Waals surface area contributed by atoms with Crippen LogP contribution in [0.4, 0.5) is 14.5 Å². The summed E-state index contributed by atoms with van der Waals surface area (Å²) in [5, 5.41) is 12.0. The molecule has 0 aliphatic heterocycles. The standard InChI is InChI=1S/C26H37F2NO3.C10H12O4/c1-30-24-16-11-21(20-25(24)31-2)17-18-29-22-12-14-23(15-13-22)32-19-9-7-5-3-4-6-8-10-26(27)28;1-13-8-4-3-7(6-10(11)12)5-9(8)14-2/h11-16,20,26,29H,3-10,17-19H2,1-2H3;3-5H,6H2,1-2H3,(H,11,12). The number of carbonyl (C=O) groups is 1. The average Bonchev–Trinajstić information content (AvgIpc) is 3.06. The number of anilines is 1. The van der Waals surface area contributed by atoms with Crippen molar-refractivity contribution >= 4 is 11.7 Å². The number of carboxylic acids is 1. The lowest BCUT2D eigenvalue weighted by atomic mass is 10.1. The van der Waals surface area contributed by atoms with E-state index in [0.29, 0.717) is 30.1 Å². The van der Waals surface area contributed by atoms with E-state index in [1.165, 1.54) is 19.8 Å². The number of ether oxygens (including phenoxy) is 5. The maximum absolute atomic E-state index is 12.1. The van der Waals surface area contributed by atoms with Gasteiger partial charge in [-0.2, -0.15) is 0 Å². The minimum Gasteiger partial charge on any atom is -0.494 e. The molecule has 0 unspecified atom stereocenters. The Morgan fingerprint density at radius 3 is 1.76 bits per heavy atom. The molecule has 0 heterocycles. The molecule has 0 spiro atoms. The maximum Gasteiger partial charge on any atom is 0.307 e. The van der Waals surface area contributed by atoms with E-state index in [9.17, 15) is 13.6 Å². The first-order chi connectivity index (χ1) is 22.3. The summed E-state index contributed by atoms with van der Waals surface area (Å²) in [5.74, 6) is 2.64. The lowest BCUT2D eigenvalue weighted by Crippen LogP contribution is -2.05. The zero-order valence-corrected chi connectivity index (χ0v) is 27.5. The first kappa shape index (κ1) is 38.0. The van der Waals surface area contributed by atoms with E-state index in [2.05, 4.69) is 5.32 Å². The Morgan fingerprint density at radius 1 is 0.696 bits per heavy atom. The number of unbranched alkanes of at least 4 members (excludes halogenated alkanes) is 6. The fourth-order valence-corrected chi connectivity index (χ4v) is 4.70. The van der Waals surface area contributed by atoms with E-state index in [4.69, 9.17) is 28.8 Å². The summed E-state index contributed by atoms with van der Waals surface area (Å²) < 4.78 is 50.6. The van der Waals surface area contributed by atoms with Gasteiger partial charge in [0, 0.05) is 18.7 Å². The van der Waals surface area contributed by atoms with Crippen LogP contribution in [0.3, 0.4) is 0 Å². The monoisotopic (exact) mass is 645 g/mol. The van der Waals surface area contributed by atoms with E-state index < -0.39 is 12.4 Å². The Kier molecular flexibility index (Phi) is 18.4. The van der Waals surface area contributed by atoms with Crippen molar-refractivity contribution in [3.63, 3.8) is 0 Å². The molecule has 0 saturated heterocycles. The molecule has 8 nitrogen and oxygen atoms in total. The molecule has 3 aromatic rings. The lowest BCUT2D eigenvalue weighted by molar-refractivity contribution is -0.136. The van der Waals surface area contributed by atoms with Gasteiger partial charge in [0.1, 0.15) is 5.75 Å². The van der Waals surface area contributed by atoms with Gasteiger partial charge < -0.3 is 34.1 Å². The second-order valence-electron chi connectivity index (χ2n) is 10.7. The molecule has 10 heteroatoms. The second kappa shape index (κ2) is 22.3. The van der Waals surface area contributed by atoms with Crippen molar-refractivity contribution in [2.75, 3.05) is 46.9 Å². The number of carboxylic acid groups (broad SMARTS) is 1. The molecule has 0 radical (unpaired) electrons. The molecular formula is C36H49F2NO7. The smallest absolute Gasteiger partial charge is 0.307 e. The van der Waals surface area contributed by atoms with Crippen LogP contribution < -0.4 is 29.0 Å². The molecule has 0 aromatic heterocycles. The topological polar surface area (TPSA) is 95.5 Å². The quantitative estimate of drug-likeness (QED) is 0.111. The highest BCUT2D eigenvalue weighted by Gasteiger charge is 2.07. The predicted octanol–water partition coefficient (Wildman–Crippen LogP) is 8.45. The Labute approximate surface area is 272 Å². The number of rotatable bonds is 21. The van der Waals surface area contributed by atoms with Gasteiger partial charge in [-0.25, -0.2) is 8.78 Å². The predicted molar refractivity (Wildman–Crippen MR) is 178 cm³/mol. The van der Waals surface area contributed by atoms with Gasteiger partial charge in [0.2, 0.25) is 6.43 Å². The summed E-state index contributed by atoms with van der Waals surface area (Å²) in [6.07, 6.45) is 5.75. The first-order valence-corrected chi connectivity index (χ1v) is 15.7. The van der Waals surface area contributed by atoms with E-state index in [1.807, 2.05) is 42.5 Å². The van der Waals surface area contributed by atoms with Crippen LogP contribution in [-0.4, -0.2) is 59.1 Å². The van der Waals surface area contributed by atoms with Gasteiger partial charge in [0.15, 0.2) is 23.0 Å². The second-order valence-corrected chi connectivity index (χ2v) is 10.7. The van der Waals surface area contributed by atoms with E-state index >= 15 is 0 Å². The van der Waals surface area contributed by atoms with Gasteiger partial charge in [-0.15, -0.1) is 0 Å². The minimum absolute atomic E-state index is 0.0135. The van der Waals surface area contributed by atoms with Crippen molar-refractivity contribution in [3.05, 3.63) is 71.8 Å². The average molecular weight is 646 g/mol. The van der Waals surface area contributed by atoms with Crippen molar-refractivity contribution in [2.45, 2.75) is 70.6 Å². The lowest BCUT2D eigenvalue weighted by Gasteiger charge is -2.11. The van der Waals surface area contributed by atoms with Gasteiger partial charge in [-0.3, -0.25) is 4.79 Å². The van der Waals surface area contributed by atoms with Crippen LogP contribution in [0.15, 0.2) is 60.7 Å². The summed E-state index contributed by atoms with van der Waals surface area (Å²) in [6.45, 7) is 1.52. The molecule has 0 fully saturated rings. The van der Waals surface area contributed by atoms with Gasteiger partial charge >= 0.3 is 5.97 Å². The summed E-state index contributed by atoms with van der Waals surface area (Å²) >= 11 is 0. The SMILES string of the molecule is COc1ccc(CC(=O)O)cc1OC.COc1ccc(CCNc2ccc(OCCCCCCCCCC(F)F)cc2)cc1OC. The summed E-state index contributed by atoms with van der Waals surface area (Å²) in [5.41, 5.74) is 2.93. The van der Waals surface area contributed by atoms with Crippen LogP contribution in [0, 0.1) is 0 Å². The Morgan fingerprint density at radius 2 is 1.22 bits per heavy atom. The number of methoxy groups -OCH3 is 4. The normalized spacial score (nSPS) is 10.5. The molecule has 46 heavy (non-hydrogen) atoms. The van der Waals surface area contributed by atoms with Crippen LogP contribution in [0.2, 0.25) is 0 Å². The summed E-state index contributed by atoms with van der Waals surface area (Å²) in [4.78, 5) is 10.5. The highest BCUT2D eigenvalue weighted by Crippen LogP contribution is 2.28. The molecule has 3 aromatic carbocycles. The van der Waals surface area contributed by atoms with E-state index in [1.54, 1.807) is 32.4 Å². The van der Waals surface area contributed by atoms with Crippen molar-refractivity contribution in [1.82, 2.24) is 0 Å². The van der Waals surface area contributed by atoms with Gasteiger partial charge in [-0.05, 0) is 78.9 Å². The molecular weight excluding hydrogens is 596 g/mol. The molecule has 0 bridgehead atoms. The molecule has 0 aliphatic rings. The molecule has 2 N–H and O–H groups in total. The molecule has 0 aliphatic carbocycles. The first-order valence-electron chi connectivity index (χ1n) is 15.7. The molecule has 0 amide bonds. The Balaban J connectivity index is 0.000000438. The number of nitrogens with one attached hydrogen (secondary N) is 1. The molecule has 254 valence electrons. The Hall–Kier alpha value is -4.21. The number of benzene rings is 3. The summed E-state index contributed by atoms with van der Waals surface area (Å²) in [7, 11) is 6.33. The third kappa shape index (κ3) is 15.2. The Bertz CT molecular complexity index is 1270. The number of halogens is 2. The minimum atomic E-state index is -2.15.